The third-order valence-electron chi connectivity index (χ3n) is 3.09. The van der Waals surface area contributed by atoms with Gasteiger partial charge in [0, 0.05) is 13.0 Å². The minimum Gasteiger partial charge on any atom is -0.485 e. The summed E-state index contributed by atoms with van der Waals surface area (Å²) < 4.78 is 6.17. The van der Waals surface area contributed by atoms with E-state index in [1.54, 1.807) is 0 Å². The fourth-order valence-corrected chi connectivity index (χ4v) is 2.09. The van der Waals surface area contributed by atoms with E-state index in [4.69, 9.17) is 4.74 Å². The Hall–Kier alpha value is -1.18. The number of para-hydroxylation sites is 1. The normalized spacial score (nSPS) is 18.3. The van der Waals surface area contributed by atoms with Crippen LogP contribution in [0.1, 0.15) is 45.6 Å². The summed E-state index contributed by atoms with van der Waals surface area (Å²) in [5.74, 6) is 1.53. The number of hydrogen-bond acceptors (Lipinski definition) is 2. The van der Waals surface area contributed by atoms with Crippen molar-refractivity contribution in [1.82, 2.24) is 0 Å². The van der Waals surface area contributed by atoms with Gasteiger partial charge in [-0.1, -0.05) is 26.0 Å². The Kier molecular flexibility index (Phi) is 2.83. The quantitative estimate of drug-likeness (QED) is 0.776. The molecule has 0 atom stereocenters. The number of anilines is 1. The zero-order valence-electron chi connectivity index (χ0n) is 10.6. The lowest BCUT2D eigenvalue weighted by Crippen LogP contribution is -2.28. The molecule has 1 N–H and O–H groups in total. The topological polar surface area (TPSA) is 21.3 Å². The fourth-order valence-electron chi connectivity index (χ4n) is 2.09. The molecule has 1 aliphatic rings. The first-order valence-corrected chi connectivity index (χ1v) is 6.05. The van der Waals surface area contributed by atoms with Crippen LogP contribution < -0.4 is 10.1 Å². The second-order valence-corrected chi connectivity index (χ2v) is 5.42. The summed E-state index contributed by atoms with van der Waals surface area (Å²) in [5, 5.41) is 3.45. The first-order valence-electron chi connectivity index (χ1n) is 6.05. The highest BCUT2D eigenvalue weighted by atomic mass is 16.5. The maximum absolute atomic E-state index is 6.17. The van der Waals surface area contributed by atoms with Crippen molar-refractivity contribution in [3.63, 3.8) is 0 Å². The van der Waals surface area contributed by atoms with Gasteiger partial charge in [0.05, 0.1) is 5.69 Å². The van der Waals surface area contributed by atoms with Gasteiger partial charge in [-0.2, -0.15) is 0 Å². The Labute approximate surface area is 98.0 Å². The van der Waals surface area contributed by atoms with E-state index < -0.39 is 0 Å². The van der Waals surface area contributed by atoms with Crippen LogP contribution in [0, 0.1) is 0 Å². The van der Waals surface area contributed by atoms with E-state index in [0.717, 1.165) is 24.4 Å². The van der Waals surface area contributed by atoms with Crippen molar-refractivity contribution in [2.45, 2.75) is 45.6 Å². The molecule has 0 unspecified atom stereocenters. The minimum atomic E-state index is -0.0801. The number of benzene rings is 1. The molecule has 0 fully saturated rings. The fraction of sp³-hybridized carbons (Fsp3) is 0.571. The predicted octanol–water partition coefficient (Wildman–Crippen LogP) is 3.78. The van der Waals surface area contributed by atoms with Crippen LogP contribution in [-0.2, 0) is 0 Å². The second-order valence-electron chi connectivity index (χ2n) is 5.42. The van der Waals surface area contributed by atoms with E-state index in [0.29, 0.717) is 5.92 Å². The van der Waals surface area contributed by atoms with Crippen LogP contribution in [0.15, 0.2) is 18.2 Å². The monoisotopic (exact) mass is 219 g/mol. The molecule has 1 heterocycles. The molecule has 88 valence electrons. The highest BCUT2D eigenvalue weighted by Gasteiger charge is 2.26. The zero-order valence-corrected chi connectivity index (χ0v) is 10.6. The summed E-state index contributed by atoms with van der Waals surface area (Å²) in [6.45, 7) is 9.69. The highest BCUT2D eigenvalue weighted by molar-refractivity contribution is 5.61. The second kappa shape index (κ2) is 4.00. The molecule has 0 amide bonds. The maximum atomic E-state index is 6.17. The van der Waals surface area contributed by atoms with Gasteiger partial charge in [0.2, 0.25) is 0 Å². The molecule has 0 spiro atoms. The van der Waals surface area contributed by atoms with E-state index in [-0.39, 0.29) is 5.60 Å². The van der Waals surface area contributed by atoms with Crippen molar-refractivity contribution >= 4 is 5.69 Å². The minimum absolute atomic E-state index is 0.0801. The molecule has 2 rings (SSSR count). The van der Waals surface area contributed by atoms with Gasteiger partial charge in [0.1, 0.15) is 11.4 Å². The lowest BCUT2D eigenvalue weighted by Gasteiger charge is -2.26. The first kappa shape index (κ1) is 11.3. The van der Waals surface area contributed by atoms with E-state index in [1.165, 1.54) is 5.56 Å². The third-order valence-corrected chi connectivity index (χ3v) is 3.09. The Morgan fingerprint density at radius 3 is 2.75 bits per heavy atom. The first-order chi connectivity index (χ1) is 7.49. The summed E-state index contributed by atoms with van der Waals surface area (Å²) in [4.78, 5) is 0. The third kappa shape index (κ3) is 2.16. The summed E-state index contributed by atoms with van der Waals surface area (Å²) >= 11 is 0. The average Bonchev–Trinajstić information content (AvgIpc) is 2.33. The molecule has 1 aromatic carbocycles. The SMILES string of the molecule is CC(C)c1cccc2c1OC(C)(C)CCN2. The van der Waals surface area contributed by atoms with Gasteiger partial charge in [0.15, 0.2) is 0 Å². The molecule has 2 nitrogen and oxygen atoms in total. The van der Waals surface area contributed by atoms with Crippen molar-refractivity contribution in [2.24, 2.45) is 0 Å². The Bertz CT molecular complexity index is 382. The summed E-state index contributed by atoms with van der Waals surface area (Å²) in [6, 6.07) is 6.36. The van der Waals surface area contributed by atoms with Crippen molar-refractivity contribution in [1.29, 1.82) is 0 Å². The molecule has 0 saturated heterocycles. The van der Waals surface area contributed by atoms with Crippen LogP contribution in [0.2, 0.25) is 0 Å². The Morgan fingerprint density at radius 2 is 2.06 bits per heavy atom. The van der Waals surface area contributed by atoms with Gasteiger partial charge >= 0.3 is 0 Å². The van der Waals surface area contributed by atoms with Crippen molar-refractivity contribution in [3.05, 3.63) is 23.8 Å². The molecule has 1 aliphatic heterocycles. The molecule has 16 heavy (non-hydrogen) atoms. The number of ether oxygens (including phenoxy) is 1. The summed E-state index contributed by atoms with van der Waals surface area (Å²) in [7, 11) is 0. The number of hydrogen-bond donors (Lipinski definition) is 1. The van der Waals surface area contributed by atoms with E-state index in [1.807, 2.05) is 0 Å². The van der Waals surface area contributed by atoms with Crippen molar-refractivity contribution < 1.29 is 4.74 Å². The average molecular weight is 219 g/mol. The van der Waals surface area contributed by atoms with Crippen LogP contribution in [0.5, 0.6) is 5.75 Å². The van der Waals surface area contributed by atoms with E-state index >= 15 is 0 Å². The molecule has 1 aromatic rings. The number of fused-ring (bicyclic) bond motifs is 1. The van der Waals surface area contributed by atoms with Crippen LogP contribution in [0.4, 0.5) is 5.69 Å². The van der Waals surface area contributed by atoms with Crippen LogP contribution in [-0.4, -0.2) is 12.1 Å². The molecule has 0 saturated carbocycles. The summed E-state index contributed by atoms with van der Waals surface area (Å²) in [5.41, 5.74) is 2.35. The lowest BCUT2D eigenvalue weighted by molar-refractivity contribution is 0.107. The zero-order chi connectivity index (χ0) is 11.8. The Balaban J connectivity index is 2.47. The lowest BCUT2D eigenvalue weighted by atomic mass is 10.0. The highest BCUT2D eigenvalue weighted by Crippen LogP contribution is 2.38. The summed E-state index contributed by atoms with van der Waals surface area (Å²) in [6.07, 6.45) is 1.03. The molecule has 0 aromatic heterocycles. The molecule has 2 heteroatoms. The molecule has 0 aliphatic carbocycles. The Morgan fingerprint density at radius 1 is 1.31 bits per heavy atom. The van der Waals surface area contributed by atoms with Gasteiger partial charge in [-0.25, -0.2) is 0 Å². The van der Waals surface area contributed by atoms with Gasteiger partial charge < -0.3 is 10.1 Å². The van der Waals surface area contributed by atoms with E-state index in [9.17, 15) is 0 Å². The molecular weight excluding hydrogens is 198 g/mol. The largest absolute Gasteiger partial charge is 0.485 e. The van der Waals surface area contributed by atoms with Gasteiger partial charge in [-0.15, -0.1) is 0 Å². The van der Waals surface area contributed by atoms with Crippen LogP contribution in [0.25, 0.3) is 0 Å². The number of rotatable bonds is 1. The molecule has 0 bridgehead atoms. The predicted molar refractivity (Wildman–Crippen MR) is 68.3 cm³/mol. The van der Waals surface area contributed by atoms with Gasteiger partial charge in [0.25, 0.3) is 0 Å². The molecular formula is C14H21NO. The van der Waals surface area contributed by atoms with Crippen LogP contribution in [0.3, 0.4) is 0 Å². The van der Waals surface area contributed by atoms with Crippen molar-refractivity contribution in [2.75, 3.05) is 11.9 Å². The molecule has 0 radical (unpaired) electrons. The standard InChI is InChI=1S/C14H21NO/c1-10(2)11-6-5-7-12-13(11)16-14(3,4)8-9-15-12/h5-7,10,15H,8-9H2,1-4H3. The van der Waals surface area contributed by atoms with Crippen LogP contribution >= 0.6 is 0 Å². The van der Waals surface area contributed by atoms with Crippen molar-refractivity contribution in [3.8, 4) is 5.75 Å². The smallest absolute Gasteiger partial charge is 0.146 e. The van der Waals surface area contributed by atoms with Gasteiger partial charge in [-0.3, -0.25) is 0 Å². The van der Waals surface area contributed by atoms with E-state index in [2.05, 4.69) is 51.2 Å². The maximum Gasteiger partial charge on any atom is 0.146 e. The number of nitrogens with one attached hydrogen (secondary N) is 1. The van der Waals surface area contributed by atoms with Gasteiger partial charge in [-0.05, 0) is 31.4 Å².